The lowest BCUT2D eigenvalue weighted by atomic mass is 10.00. The lowest BCUT2D eigenvalue weighted by molar-refractivity contribution is -0.118. The second-order valence-electron chi connectivity index (χ2n) is 6.97. The maximum absolute atomic E-state index is 12.5. The van der Waals surface area contributed by atoms with E-state index in [0.29, 0.717) is 5.92 Å². The highest BCUT2D eigenvalue weighted by Crippen LogP contribution is 2.41. The Balaban J connectivity index is 1.66. The van der Waals surface area contributed by atoms with Gasteiger partial charge in [-0.2, -0.15) is 0 Å². The number of carbonyl (C=O) groups is 1. The molecule has 0 aromatic heterocycles. The molecule has 24 heavy (non-hydrogen) atoms. The molecule has 0 heterocycles. The molecule has 2 aromatic carbocycles. The van der Waals surface area contributed by atoms with Crippen LogP contribution in [0.1, 0.15) is 42.5 Å². The summed E-state index contributed by atoms with van der Waals surface area (Å²) in [4.78, 5) is 12.5. The molecular formula is C21H26N2O. The zero-order valence-electron chi connectivity index (χ0n) is 14.7. The van der Waals surface area contributed by atoms with Crippen LogP contribution in [0.3, 0.4) is 0 Å². The molecule has 0 bridgehead atoms. The van der Waals surface area contributed by atoms with Crippen LogP contribution in [0.5, 0.6) is 0 Å². The number of amides is 1. The highest BCUT2D eigenvalue weighted by molar-refractivity contribution is 5.94. The highest BCUT2D eigenvalue weighted by atomic mass is 16.2. The van der Waals surface area contributed by atoms with Gasteiger partial charge in [-0.1, -0.05) is 42.0 Å². The number of anilines is 1. The Kier molecular flexibility index (Phi) is 5.00. The van der Waals surface area contributed by atoms with Crippen molar-refractivity contribution in [2.45, 2.75) is 45.7 Å². The van der Waals surface area contributed by atoms with Crippen LogP contribution in [0.15, 0.2) is 48.5 Å². The first-order valence-electron chi connectivity index (χ1n) is 8.73. The van der Waals surface area contributed by atoms with Crippen LogP contribution >= 0.6 is 0 Å². The third kappa shape index (κ3) is 4.24. The van der Waals surface area contributed by atoms with Crippen molar-refractivity contribution in [1.29, 1.82) is 0 Å². The van der Waals surface area contributed by atoms with Gasteiger partial charge in [0.2, 0.25) is 5.91 Å². The molecule has 0 spiro atoms. The molecular weight excluding hydrogens is 296 g/mol. The van der Waals surface area contributed by atoms with E-state index in [2.05, 4.69) is 41.8 Å². The summed E-state index contributed by atoms with van der Waals surface area (Å²) in [6.45, 7) is 6.06. The predicted octanol–water partition coefficient (Wildman–Crippen LogP) is 4.37. The number of benzene rings is 2. The molecule has 0 aliphatic heterocycles. The van der Waals surface area contributed by atoms with Crippen molar-refractivity contribution < 1.29 is 4.79 Å². The second kappa shape index (κ2) is 7.18. The van der Waals surface area contributed by atoms with Gasteiger partial charge in [-0.15, -0.1) is 0 Å². The van der Waals surface area contributed by atoms with Gasteiger partial charge in [0.1, 0.15) is 0 Å². The smallest absolute Gasteiger partial charge is 0.241 e. The average molecular weight is 322 g/mol. The Morgan fingerprint density at radius 2 is 1.75 bits per heavy atom. The quantitative estimate of drug-likeness (QED) is 0.829. The lowest BCUT2D eigenvalue weighted by Crippen LogP contribution is -2.40. The predicted molar refractivity (Wildman–Crippen MR) is 99.1 cm³/mol. The van der Waals surface area contributed by atoms with Gasteiger partial charge in [0, 0.05) is 11.7 Å². The molecule has 1 amide bonds. The van der Waals surface area contributed by atoms with E-state index in [1.807, 2.05) is 38.1 Å². The Hall–Kier alpha value is -2.13. The van der Waals surface area contributed by atoms with E-state index in [1.54, 1.807) is 0 Å². The van der Waals surface area contributed by atoms with Gasteiger partial charge in [0.05, 0.1) is 6.04 Å². The Morgan fingerprint density at radius 3 is 2.38 bits per heavy atom. The van der Waals surface area contributed by atoms with Crippen molar-refractivity contribution in [3.63, 3.8) is 0 Å². The first kappa shape index (κ1) is 16.7. The molecule has 1 aliphatic rings. The van der Waals surface area contributed by atoms with Crippen LogP contribution in [-0.4, -0.2) is 11.9 Å². The molecule has 1 saturated carbocycles. The molecule has 0 saturated heterocycles. The van der Waals surface area contributed by atoms with E-state index in [9.17, 15) is 4.79 Å². The zero-order valence-corrected chi connectivity index (χ0v) is 14.7. The number of aryl methyl sites for hydroxylation is 2. The topological polar surface area (TPSA) is 41.1 Å². The van der Waals surface area contributed by atoms with Gasteiger partial charge < -0.3 is 5.32 Å². The molecule has 1 fully saturated rings. The molecule has 3 nitrogen and oxygen atoms in total. The minimum atomic E-state index is -0.239. The highest BCUT2D eigenvalue weighted by Gasteiger charge is 2.34. The molecule has 0 radical (unpaired) electrons. The van der Waals surface area contributed by atoms with Crippen molar-refractivity contribution in [2.75, 3.05) is 5.32 Å². The first-order valence-corrected chi connectivity index (χ1v) is 8.73. The zero-order chi connectivity index (χ0) is 17.1. The monoisotopic (exact) mass is 322 g/mol. The van der Waals surface area contributed by atoms with Crippen LogP contribution in [0.4, 0.5) is 5.69 Å². The maximum atomic E-state index is 12.5. The number of hydrogen-bond donors (Lipinski definition) is 2. The Morgan fingerprint density at radius 1 is 1.04 bits per heavy atom. The largest absolute Gasteiger partial charge is 0.325 e. The van der Waals surface area contributed by atoms with E-state index < -0.39 is 0 Å². The van der Waals surface area contributed by atoms with Crippen molar-refractivity contribution in [3.8, 4) is 0 Å². The van der Waals surface area contributed by atoms with E-state index >= 15 is 0 Å². The van der Waals surface area contributed by atoms with Gasteiger partial charge in [0.15, 0.2) is 0 Å². The average Bonchev–Trinajstić information content (AvgIpc) is 3.38. The summed E-state index contributed by atoms with van der Waals surface area (Å²) in [5.74, 6) is 0.653. The molecule has 2 atom stereocenters. The lowest BCUT2D eigenvalue weighted by Gasteiger charge is -2.23. The third-order valence-corrected chi connectivity index (χ3v) is 4.64. The van der Waals surface area contributed by atoms with Crippen LogP contribution in [0.25, 0.3) is 0 Å². The summed E-state index contributed by atoms with van der Waals surface area (Å²) < 4.78 is 0. The summed E-state index contributed by atoms with van der Waals surface area (Å²) in [6, 6.07) is 16.6. The first-order chi connectivity index (χ1) is 11.5. The molecule has 1 aliphatic carbocycles. The minimum Gasteiger partial charge on any atom is -0.325 e. The summed E-state index contributed by atoms with van der Waals surface area (Å²) >= 11 is 0. The number of rotatable bonds is 6. The van der Waals surface area contributed by atoms with E-state index in [4.69, 9.17) is 0 Å². The van der Waals surface area contributed by atoms with Gasteiger partial charge in [-0.25, -0.2) is 0 Å². The molecule has 3 heteroatoms. The fourth-order valence-corrected chi connectivity index (χ4v) is 3.03. The van der Waals surface area contributed by atoms with Crippen molar-refractivity contribution in [1.82, 2.24) is 5.32 Å². The SMILES string of the molecule is Cc1ccc([C@H](N[C@H](C)C(=O)Nc2cccc(C)c2)C2CC2)cc1. The summed E-state index contributed by atoms with van der Waals surface area (Å²) in [5, 5.41) is 6.54. The van der Waals surface area contributed by atoms with Crippen molar-refractivity contribution in [2.24, 2.45) is 5.92 Å². The maximum Gasteiger partial charge on any atom is 0.241 e. The van der Waals surface area contributed by atoms with Crippen molar-refractivity contribution in [3.05, 3.63) is 65.2 Å². The van der Waals surface area contributed by atoms with Crippen LogP contribution in [-0.2, 0) is 4.79 Å². The minimum absolute atomic E-state index is 0.0124. The van der Waals surface area contributed by atoms with E-state index in [0.717, 1.165) is 11.3 Å². The fourth-order valence-electron chi connectivity index (χ4n) is 3.03. The normalized spacial score (nSPS) is 16.5. The summed E-state index contributed by atoms with van der Waals surface area (Å²) in [5.41, 5.74) is 4.53. The fraction of sp³-hybridized carbons (Fsp3) is 0.381. The molecule has 2 N–H and O–H groups in total. The molecule has 2 aromatic rings. The third-order valence-electron chi connectivity index (χ3n) is 4.64. The number of hydrogen-bond acceptors (Lipinski definition) is 2. The van der Waals surface area contributed by atoms with Crippen LogP contribution in [0.2, 0.25) is 0 Å². The summed E-state index contributed by atoms with van der Waals surface area (Å²) in [7, 11) is 0. The van der Waals surface area contributed by atoms with Gasteiger partial charge >= 0.3 is 0 Å². The van der Waals surface area contributed by atoms with Gasteiger partial charge in [-0.05, 0) is 62.8 Å². The molecule has 0 unspecified atom stereocenters. The number of carbonyl (C=O) groups excluding carboxylic acids is 1. The standard InChI is InChI=1S/C21H26N2O/c1-14-7-9-17(10-8-14)20(18-11-12-18)22-16(3)21(24)23-19-6-4-5-15(2)13-19/h4-10,13,16,18,20,22H,11-12H2,1-3H3,(H,23,24)/t16-,20+/m1/s1. The summed E-state index contributed by atoms with van der Waals surface area (Å²) in [6.07, 6.45) is 2.47. The molecule has 126 valence electrons. The Labute approximate surface area is 144 Å². The van der Waals surface area contributed by atoms with E-state index in [-0.39, 0.29) is 18.0 Å². The molecule has 3 rings (SSSR count). The van der Waals surface area contributed by atoms with Gasteiger partial charge in [-0.3, -0.25) is 10.1 Å². The Bertz CT molecular complexity index is 704. The van der Waals surface area contributed by atoms with Crippen LogP contribution < -0.4 is 10.6 Å². The van der Waals surface area contributed by atoms with Gasteiger partial charge in [0.25, 0.3) is 0 Å². The van der Waals surface area contributed by atoms with Crippen LogP contribution in [0, 0.1) is 19.8 Å². The van der Waals surface area contributed by atoms with E-state index in [1.165, 1.54) is 24.0 Å². The van der Waals surface area contributed by atoms with Crippen molar-refractivity contribution >= 4 is 11.6 Å². The number of nitrogens with one attached hydrogen (secondary N) is 2. The second-order valence-corrected chi connectivity index (χ2v) is 6.97.